The number of fused-ring (bicyclic) bond motifs is 1. The lowest BCUT2D eigenvalue weighted by atomic mass is 9.92. The molecule has 1 aliphatic heterocycles. The number of hydrogen-bond donors (Lipinski definition) is 2. The zero-order valence-corrected chi connectivity index (χ0v) is 18.9. The van der Waals surface area contributed by atoms with Crippen molar-refractivity contribution >= 4 is 23.0 Å². The Morgan fingerprint density at radius 3 is 2.66 bits per heavy atom. The minimum absolute atomic E-state index is 0.156. The smallest absolute Gasteiger partial charge is 0.337 e. The van der Waals surface area contributed by atoms with Crippen LogP contribution < -0.4 is 10.2 Å². The first-order valence-corrected chi connectivity index (χ1v) is 11.0. The number of rotatable bonds is 7. The van der Waals surface area contributed by atoms with Crippen LogP contribution in [0.15, 0.2) is 60.9 Å². The van der Waals surface area contributed by atoms with Crippen LogP contribution in [0.1, 0.15) is 40.0 Å². The molecule has 0 unspecified atom stereocenters. The summed E-state index contributed by atoms with van der Waals surface area (Å²) in [6.45, 7) is 3.74. The Bertz CT molecular complexity index is 1100. The zero-order chi connectivity index (χ0) is 22.7. The van der Waals surface area contributed by atoms with Crippen LogP contribution in [-0.4, -0.2) is 48.1 Å². The molecule has 1 aliphatic rings. The highest BCUT2D eigenvalue weighted by molar-refractivity contribution is 5.93. The van der Waals surface area contributed by atoms with Gasteiger partial charge >= 0.3 is 5.97 Å². The van der Waals surface area contributed by atoms with Crippen LogP contribution in [0.5, 0.6) is 0 Å². The maximum Gasteiger partial charge on any atom is 0.337 e. The molecule has 0 saturated heterocycles. The number of aromatic nitrogens is 1. The molecule has 2 N–H and O–H groups in total. The summed E-state index contributed by atoms with van der Waals surface area (Å²) in [4.78, 5) is 20.1. The van der Waals surface area contributed by atoms with E-state index < -0.39 is 5.97 Å². The van der Waals surface area contributed by atoms with E-state index in [1.165, 1.54) is 40.3 Å². The minimum Gasteiger partial charge on any atom is -0.478 e. The molecule has 6 heteroatoms. The molecular formula is C26H30N4O2. The van der Waals surface area contributed by atoms with Gasteiger partial charge in [0.05, 0.1) is 23.5 Å². The predicted molar refractivity (Wildman–Crippen MR) is 129 cm³/mol. The van der Waals surface area contributed by atoms with Crippen molar-refractivity contribution in [3.05, 3.63) is 83.2 Å². The van der Waals surface area contributed by atoms with Crippen LogP contribution in [0, 0.1) is 0 Å². The van der Waals surface area contributed by atoms with Crippen LogP contribution >= 0.6 is 0 Å². The van der Waals surface area contributed by atoms with Crippen molar-refractivity contribution in [3.63, 3.8) is 0 Å². The minimum atomic E-state index is -0.952. The summed E-state index contributed by atoms with van der Waals surface area (Å²) < 4.78 is 0. The van der Waals surface area contributed by atoms with E-state index >= 15 is 0 Å². The molecule has 1 aromatic heterocycles. The molecule has 4 rings (SSSR count). The third-order valence-electron chi connectivity index (χ3n) is 6.41. The van der Waals surface area contributed by atoms with Gasteiger partial charge in [-0.15, -0.1) is 0 Å². The van der Waals surface area contributed by atoms with Crippen LogP contribution in [0.25, 0.3) is 0 Å². The number of pyridine rings is 1. The summed E-state index contributed by atoms with van der Waals surface area (Å²) in [5.41, 5.74) is 7.10. The van der Waals surface area contributed by atoms with Gasteiger partial charge in [-0.1, -0.05) is 25.1 Å². The maximum absolute atomic E-state index is 11.5. The Morgan fingerprint density at radius 1 is 1.19 bits per heavy atom. The molecule has 0 saturated carbocycles. The van der Waals surface area contributed by atoms with E-state index in [1.54, 1.807) is 6.20 Å². The van der Waals surface area contributed by atoms with Crippen molar-refractivity contribution < 1.29 is 9.90 Å². The van der Waals surface area contributed by atoms with Gasteiger partial charge in [-0.3, -0.25) is 9.88 Å². The number of carboxylic acids is 1. The van der Waals surface area contributed by atoms with Gasteiger partial charge in [0, 0.05) is 37.7 Å². The number of hydrogen-bond acceptors (Lipinski definition) is 5. The SMILES string of the molecule is CCc1ccc(N(C)c2ccc3c(c2)CCN(C)[C@@H]3CNc2cnccc2C(=O)O)cc1. The molecule has 2 aromatic carbocycles. The Labute approximate surface area is 189 Å². The Morgan fingerprint density at radius 2 is 1.94 bits per heavy atom. The first kappa shape index (κ1) is 21.8. The molecular weight excluding hydrogens is 400 g/mol. The predicted octanol–water partition coefficient (Wildman–Crippen LogP) is 4.75. The lowest BCUT2D eigenvalue weighted by molar-refractivity contribution is 0.0697. The van der Waals surface area contributed by atoms with Crippen LogP contribution in [0.4, 0.5) is 17.1 Å². The van der Waals surface area contributed by atoms with Crippen molar-refractivity contribution in [1.82, 2.24) is 9.88 Å². The first-order valence-electron chi connectivity index (χ1n) is 11.0. The molecule has 0 amide bonds. The van der Waals surface area contributed by atoms with Gasteiger partial charge in [0.1, 0.15) is 0 Å². The third-order valence-corrected chi connectivity index (χ3v) is 6.41. The number of likely N-dealkylation sites (N-methyl/N-ethyl adjacent to an activating group) is 1. The lowest BCUT2D eigenvalue weighted by Gasteiger charge is -2.35. The van der Waals surface area contributed by atoms with Crippen molar-refractivity contribution in [1.29, 1.82) is 0 Å². The van der Waals surface area contributed by atoms with E-state index in [0.29, 0.717) is 12.2 Å². The second-order valence-electron chi connectivity index (χ2n) is 8.32. The van der Waals surface area contributed by atoms with E-state index in [0.717, 1.165) is 19.4 Å². The monoisotopic (exact) mass is 430 g/mol. The summed E-state index contributed by atoms with van der Waals surface area (Å²) in [7, 11) is 4.22. The van der Waals surface area contributed by atoms with E-state index in [1.807, 2.05) is 0 Å². The fraction of sp³-hybridized carbons (Fsp3) is 0.308. The molecule has 0 spiro atoms. The van der Waals surface area contributed by atoms with Gasteiger partial charge in [-0.05, 0) is 66.9 Å². The van der Waals surface area contributed by atoms with Gasteiger partial charge < -0.3 is 15.3 Å². The molecule has 3 aromatic rings. The number of benzene rings is 2. The molecule has 32 heavy (non-hydrogen) atoms. The average molecular weight is 431 g/mol. The zero-order valence-electron chi connectivity index (χ0n) is 18.9. The van der Waals surface area contributed by atoms with Gasteiger partial charge in [0.25, 0.3) is 0 Å². The van der Waals surface area contributed by atoms with E-state index in [9.17, 15) is 9.90 Å². The molecule has 0 aliphatic carbocycles. The average Bonchev–Trinajstić information content (AvgIpc) is 2.83. The quantitative estimate of drug-likeness (QED) is 0.564. The van der Waals surface area contributed by atoms with Gasteiger partial charge in [-0.2, -0.15) is 0 Å². The van der Waals surface area contributed by atoms with Gasteiger partial charge in [-0.25, -0.2) is 4.79 Å². The standard InChI is InChI=1S/C26H30N4O2/c1-4-18-5-7-20(8-6-18)30(3)21-9-10-22-19(15-21)12-14-29(2)25(22)17-28-24-16-27-13-11-23(24)26(31)32/h5-11,13,15-16,25,28H,4,12,14,17H2,1-3H3,(H,31,32)/t25-/m1/s1. The summed E-state index contributed by atoms with van der Waals surface area (Å²) in [5, 5.41) is 12.7. The van der Waals surface area contributed by atoms with Crippen molar-refractivity contribution in [2.75, 3.05) is 37.4 Å². The lowest BCUT2D eigenvalue weighted by Crippen LogP contribution is -2.36. The summed E-state index contributed by atoms with van der Waals surface area (Å²) in [5.74, 6) is -0.952. The number of carboxylic acid groups (broad SMARTS) is 1. The highest BCUT2D eigenvalue weighted by Gasteiger charge is 2.25. The second-order valence-corrected chi connectivity index (χ2v) is 8.32. The Kier molecular flexibility index (Phi) is 6.42. The Hall–Kier alpha value is -3.38. The summed E-state index contributed by atoms with van der Waals surface area (Å²) >= 11 is 0. The van der Waals surface area contributed by atoms with Crippen LogP contribution in [0.2, 0.25) is 0 Å². The van der Waals surface area contributed by atoms with Gasteiger partial charge in [0.2, 0.25) is 0 Å². The number of nitrogens with zero attached hydrogens (tertiary/aromatic N) is 3. The normalized spacial score (nSPS) is 15.8. The van der Waals surface area contributed by atoms with Crippen LogP contribution in [-0.2, 0) is 12.8 Å². The fourth-order valence-electron chi connectivity index (χ4n) is 4.33. The molecule has 2 heterocycles. The first-order chi connectivity index (χ1) is 15.5. The number of anilines is 3. The molecule has 166 valence electrons. The molecule has 0 bridgehead atoms. The number of aryl methyl sites for hydroxylation is 1. The highest BCUT2D eigenvalue weighted by Crippen LogP contribution is 2.33. The van der Waals surface area contributed by atoms with Crippen molar-refractivity contribution in [2.24, 2.45) is 0 Å². The van der Waals surface area contributed by atoms with Gasteiger partial charge in [0.15, 0.2) is 0 Å². The summed E-state index contributed by atoms with van der Waals surface area (Å²) in [6, 6.07) is 17.1. The number of carbonyl (C=O) groups is 1. The highest BCUT2D eigenvalue weighted by atomic mass is 16.4. The second kappa shape index (κ2) is 9.40. The molecule has 0 radical (unpaired) electrons. The number of nitrogens with one attached hydrogen (secondary N) is 1. The van der Waals surface area contributed by atoms with Crippen LogP contribution in [0.3, 0.4) is 0 Å². The van der Waals surface area contributed by atoms with Crippen molar-refractivity contribution in [3.8, 4) is 0 Å². The van der Waals surface area contributed by atoms with Crippen molar-refractivity contribution in [2.45, 2.75) is 25.8 Å². The maximum atomic E-state index is 11.5. The Balaban J connectivity index is 1.55. The molecule has 0 fully saturated rings. The topological polar surface area (TPSA) is 68.7 Å². The van der Waals surface area contributed by atoms with E-state index in [2.05, 4.69) is 83.6 Å². The summed E-state index contributed by atoms with van der Waals surface area (Å²) in [6.07, 6.45) is 5.12. The third kappa shape index (κ3) is 4.46. The molecule has 1 atom stereocenters. The van der Waals surface area contributed by atoms with E-state index in [-0.39, 0.29) is 11.6 Å². The van der Waals surface area contributed by atoms with E-state index in [4.69, 9.17) is 0 Å². The number of aromatic carboxylic acids is 1. The largest absolute Gasteiger partial charge is 0.478 e. The fourth-order valence-corrected chi connectivity index (χ4v) is 4.33. The molecule has 6 nitrogen and oxygen atoms in total.